The van der Waals surface area contributed by atoms with E-state index in [4.69, 9.17) is 4.74 Å². The summed E-state index contributed by atoms with van der Waals surface area (Å²) in [4.78, 5) is 24.0. The molecular formula is C17H19NO3S. The third-order valence-corrected chi connectivity index (χ3v) is 3.78. The van der Waals surface area contributed by atoms with Gasteiger partial charge in [0.05, 0.1) is 18.7 Å². The summed E-state index contributed by atoms with van der Waals surface area (Å²) in [6.45, 7) is 4.65. The molecule has 1 N–H and O–H groups in total. The van der Waals surface area contributed by atoms with E-state index in [-0.39, 0.29) is 5.91 Å². The second-order valence-electron chi connectivity index (χ2n) is 5.38. The first-order chi connectivity index (χ1) is 10.6. The molecule has 0 spiro atoms. The SMILES string of the molecule is CC(C)COc1ccc(C=O)cc1NC(=O)Cc1cccs1. The molecule has 1 aromatic heterocycles. The van der Waals surface area contributed by atoms with Gasteiger partial charge in [-0.2, -0.15) is 0 Å². The molecule has 0 bridgehead atoms. The maximum Gasteiger partial charge on any atom is 0.229 e. The van der Waals surface area contributed by atoms with Crippen molar-refractivity contribution in [1.29, 1.82) is 0 Å². The summed E-state index contributed by atoms with van der Waals surface area (Å²) < 4.78 is 5.71. The number of benzene rings is 1. The maximum atomic E-state index is 12.1. The lowest BCUT2D eigenvalue weighted by Crippen LogP contribution is -2.15. The molecule has 1 heterocycles. The minimum Gasteiger partial charge on any atom is -0.491 e. The molecule has 0 saturated heterocycles. The van der Waals surface area contributed by atoms with Crippen LogP contribution in [0.1, 0.15) is 29.1 Å². The first kappa shape index (κ1) is 16.2. The second-order valence-corrected chi connectivity index (χ2v) is 6.41. The number of carbonyl (C=O) groups is 2. The van der Waals surface area contributed by atoms with Crippen LogP contribution in [0.25, 0.3) is 0 Å². The number of hydrogen-bond donors (Lipinski definition) is 1. The number of anilines is 1. The molecule has 0 aliphatic carbocycles. The highest BCUT2D eigenvalue weighted by Crippen LogP contribution is 2.26. The summed E-state index contributed by atoms with van der Waals surface area (Å²) in [7, 11) is 0. The van der Waals surface area contributed by atoms with Gasteiger partial charge in [-0.05, 0) is 35.6 Å². The molecule has 1 amide bonds. The van der Waals surface area contributed by atoms with Gasteiger partial charge in [0.25, 0.3) is 0 Å². The normalized spacial score (nSPS) is 10.5. The Morgan fingerprint density at radius 1 is 1.36 bits per heavy atom. The van der Waals surface area contributed by atoms with E-state index in [1.165, 1.54) is 11.3 Å². The number of aldehydes is 1. The summed E-state index contributed by atoms with van der Waals surface area (Å²) in [5, 5.41) is 4.77. The first-order valence-electron chi connectivity index (χ1n) is 7.12. The molecule has 0 fully saturated rings. The third kappa shape index (κ3) is 4.70. The molecule has 0 saturated carbocycles. The Morgan fingerprint density at radius 3 is 2.82 bits per heavy atom. The van der Waals surface area contributed by atoms with Crippen molar-refractivity contribution in [1.82, 2.24) is 0 Å². The summed E-state index contributed by atoms with van der Waals surface area (Å²) >= 11 is 1.54. The average molecular weight is 317 g/mol. The lowest BCUT2D eigenvalue weighted by Gasteiger charge is -2.14. The van der Waals surface area contributed by atoms with Crippen LogP contribution in [0.3, 0.4) is 0 Å². The van der Waals surface area contributed by atoms with Crippen LogP contribution in [-0.2, 0) is 11.2 Å². The lowest BCUT2D eigenvalue weighted by molar-refractivity contribution is -0.115. The van der Waals surface area contributed by atoms with Crippen LogP contribution in [0, 0.1) is 5.92 Å². The van der Waals surface area contributed by atoms with Crippen LogP contribution < -0.4 is 10.1 Å². The first-order valence-corrected chi connectivity index (χ1v) is 8.00. The van der Waals surface area contributed by atoms with E-state index in [9.17, 15) is 9.59 Å². The van der Waals surface area contributed by atoms with Gasteiger partial charge in [0.1, 0.15) is 12.0 Å². The number of amides is 1. The summed E-state index contributed by atoms with van der Waals surface area (Å²) in [6.07, 6.45) is 1.06. The largest absolute Gasteiger partial charge is 0.491 e. The Balaban J connectivity index is 2.12. The number of nitrogens with one attached hydrogen (secondary N) is 1. The number of carbonyl (C=O) groups excluding carboxylic acids is 2. The van der Waals surface area contributed by atoms with Gasteiger partial charge in [-0.25, -0.2) is 0 Å². The fourth-order valence-corrected chi connectivity index (χ4v) is 2.57. The molecule has 0 aliphatic heterocycles. The average Bonchev–Trinajstić information content (AvgIpc) is 2.98. The van der Waals surface area contributed by atoms with Gasteiger partial charge in [0.15, 0.2) is 0 Å². The van der Waals surface area contributed by atoms with Crippen LogP contribution in [0.4, 0.5) is 5.69 Å². The number of ether oxygens (including phenoxy) is 1. The van der Waals surface area contributed by atoms with Crippen LogP contribution in [0.5, 0.6) is 5.75 Å². The predicted molar refractivity (Wildman–Crippen MR) is 88.8 cm³/mol. The molecule has 2 rings (SSSR count). The minimum atomic E-state index is -0.125. The Bertz CT molecular complexity index is 635. The molecule has 1 aromatic carbocycles. The number of rotatable bonds is 7. The summed E-state index contributed by atoms with van der Waals surface area (Å²) in [5.74, 6) is 0.833. The molecule has 116 valence electrons. The Kier molecular flexibility index (Phi) is 5.72. The zero-order valence-corrected chi connectivity index (χ0v) is 13.5. The van der Waals surface area contributed by atoms with Gasteiger partial charge in [0, 0.05) is 10.4 Å². The van der Waals surface area contributed by atoms with Crippen molar-refractivity contribution in [2.75, 3.05) is 11.9 Å². The van der Waals surface area contributed by atoms with Gasteiger partial charge in [-0.1, -0.05) is 19.9 Å². The van der Waals surface area contributed by atoms with Crippen molar-refractivity contribution < 1.29 is 14.3 Å². The second kappa shape index (κ2) is 7.75. The molecule has 22 heavy (non-hydrogen) atoms. The quantitative estimate of drug-likeness (QED) is 0.791. The van der Waals surface area contributed by atoms with Crippen molar-refractivity contribution in [3.8, 4) is 5.75 Å². The lowest BCUT2D eigenvalue weighted by atomic mass is 10.2. The highest BCUT2D eigenvalue weighted by molar-refractivity contribution is 7.10. The van der Waals surface area contributed by atoms with E-state index in [1.807, 2.05) is 17.5 Å². The topological polar surface area (TPSA) is 55.4 Å². The highest BCUT2D eigenvalue weighted by atomic mass is 32.1. The zero-order valence-electron chi connectivity index (χ0n) is 12.7. The smallest absolute Gasteiger partial charge is 0.229 e. The van der Waals surface area contributed by atoms with E-state index in [0.717, 1.165) is 11.2 Å². The van der Waals surface area contributed by atoms with Crippen LogP contribution >= 0.6 is 11.3 Å². The van der Waals surface area contributed by atoms with E-state index in [2.05, 4.69) is 19.2 Å². The predicted octanol–water partition coefficient (Wildman–Crippen LogP) is 3.78. The van der Waals surface area contributed by atoms with Crippen LogP contribution in [0.2, 0.25) is 0 Å². The molecule has 2 aromatic rings. The molecular weight excluding hydrogens is 298 g/mol. The number of thiophene rings is 1. The third-order valence-electron chi connectivity index (χ3n) is 2.90. The molecule has 4 nitrogen and oxygen atoms in total. The molecule has 5 heteroatoms. The van der Waals surface area contributed by atoms with Crippen LogP contribution in [-0.4, -0.2) is 18.8 Å². The van der Waals surface area contributed by atoms with Crippen LogP contribution in [0.15, 0.2) is 35.7 Å². The van der Waals surface area contributed by atoms with Gasteiger partial charge in [-0.3, -0.25) is 9.59 Å². The summed E-state index contributed by atoms with van der Waals surface area (Å²) in [5.41, 5.74) is 1.04. The Morgan fingerprint density at radius 2 is 2.18 bits per heavy atom. The van der Waals surface area contributed by atoms with Crippen molar-refractivity contribution in [3.05, 3.63) is 46.2 Å². The van der Waals surface area contributed by atoms with E-state index < -0.39 is 0 Å². The fourth-order valence-electron chi connectivity index (χ4n) is 1.87. The van der Waals surface area contributed by atoms with Crippen molar-refractivity contribution in [2.24, 2.45) is 5.92 Å². The molecule has 0 radical (unpaired) electrons. The van der Waals surface area contributed by atoms with Crippen molar-refractivity contribution >= 4 is 29.2 Å². The monoisotopic (exact) mass is 317 g/mol. The van der Waals surface area contributed by atoms with Crippen molar-refractivity contribution in [2.45, 2.75) is 20.3 Å². The van der Waals surface area contributed by atoms with E-state index in [1.54, 1.807) is 18.2 Å². The number of hydrogen-bond acceptors (Lipinski definition) is 4. The highest BCUT2D eigenvalue weighted by Gasteiger charge is 2.11. The Hall–Kier alpha value is -2.14. The van der Waals surface area contributed by atoms with Gasteiger partial charge in [0.2, 0.25) is 5.91 Å². The minimum absolute atomic E-state index is 0.125. The van der Waals surface area contributed by atoms with Gasteiger partial charge >= 0.3 is 0 Å². The zero-order chi connectivity index (χ0) is 15.9. The fraction of sp³-hybridized carbons (Fsp3) is 0.294. The summed E-state index contributed by atoms with van der Waals surface area (Å²) in [6, 6.07) is 8.86. The maximum absolute atomic E-state index is 12.1. The Labute approximate surface area is 134 Å². The van der Waals surface area contributed by atoms with E-state index >= 15 is 0 Å². The molecule has 0 aliphatic rings. The standard InChI is InChI=1S/C17H19NO3S/c1-12(2)11-21-16-6-5-13(10-19)8-15(16)18-17(20)9-14-4-3-7-22-14/h3-8,10,12H,9,11H2,1-2H3,(H,18,20). The van der Waals surface area contributed by atoms with Gasteiger partial charge < -0.3 is 10.1 Å². The van der Waals surface area contributed by atoms with Crippen molar-refractivity contribution in [3.63, 3.8) is 0 Å². The van der Waals surface area contributed by atoms with Gasteiger partial charge in [-0.15, -0.1) is 11.3 Å². The molecule has 0 atom stereocenters. The molecule has 0 unspecified atom stereocenters. The van der Waals surface area contributed by atoms with E-state index in [0.29, 0.717) is 35.9 Å².